The Kier molecular flexibility index (Phi) is 4.26. The first kappa shape index (κ1) is 15.5. The van der Waals surface area contributed by atoms with Crippen LogP contribution >= 0.6 is 23.7 Å². The van der Waals surface area contributed by atoms with Crippen molar-refractivity contribution in [1.82, 2.24) is 10.2 Å². The van der Waals surface area contributed by atoms with Crippen LogP contribution < -0.4 is 5.32 Å². The molecule has 3 heterocycles. The lowest BCUT2D eigenvalue weighted by atomic mass is 9.99. The topological polar surface area (TPSA) is 32.3 Å². The van der Waals surface area contributed by atoms with Crippen molar-refractivity contribution < 1.29 is 4.79 Å². The van der Waals surface area contributed by atoms with E-state index in [-0.39, 0.29) is 24.4 Å². The fourth-order valence-corrected chi connectivity index (χ4v) is 4.34. The first-order valence-corrected chi connectivity index (χ1v) is 8.32. The van der Waals surface area contributed by atoms with Gasteiger partial charge >= 0.3 is 0 Å². The molecule has 2 aliphatic rings. The Hall–Kier alpha value is -1.36. The summed E-state index contributed by atoms with van der Waals surface area (Å²) in [5.41, 5.74) is 4.73. The first-order valence-electron chi connectivity index (χ1n) is 7.44. The molecule has 0 aliphatic carbocycles. The minimum atomic E-state index is 0. The van der Waals surface area contributed by atoms with Gasteiger partial charge in [-0.2, -0.15) is 0 Å². The van der Waals surface area contributed by atoms with E-state index in [1.54, 1.807) is 0 Å². The van der Waals surface area contributed by atoms with Gasteiger partial charge in [0.2, 0.25) is 0 Å². The molecule has 0 fully saturated rings. The van der Waals surface area contributed by atoms with Gasteiger partial charge in [0.1, 0.15) is 0 Å². The Morgan fingerprint density at radius 3 is 2.95 bits per heavy atom. The first-order chi connectivity index (χ1) is 10.2. The number of carbonyl (C=O) groups is 1. The van der Waals surface area contributed by atoms with Gasteiger partial charge in [-0.05, 0) is 53.6 Å². The predicted molar refractivity (Wildman–Crippen MR) is 91.7 cm³/mol. The molecule has 1 amide bonds. The molecule has 1 aromatic carbocycles. The molecule has 2 aromatic rings. The van der Waals surface area contributed by atoms with Crippen molar-refractivity contribution in [3.63, 3.8) is 0 Å². The molecule has 0 saturated heterocycles. The number of hydrogen-bond donors (Lipinski definition) is 1. The van der Waals surface area contributed by atoms with Crippen LogP contribution in [0.5, 0.6) is 0 Å². The van der Waals surface area contributed by atoms with Crippen molar-refractivity contribution in [2.24, 2.45) is 0 Å². The van der Waals surface area contributed by atoms with Gasteiger partial charge in [-0.25, -0.2) is 0 Å². The molecule has 1 unspecified atom stereocenters. The normalized spacial score (nSPS) is 19.3. The standard InChI is InChI=1S/C17H18N2OS.ClH/c1-11-15-5-7-21-16(15)4-6-19(11)17(20)12-2-3-13-9-18-10-14(13)8-12;/h2-3,5,7-8,11,18H,4,6,9-10H2,1H3;1H. The second-order valence-electron chi connectivity index (χ2n) is 5.81. The van der Waals surface area contributed by atoms with Crippen molar-refractivity contribution in [3.05, 3.63) is 56.8 Å². The number of rotatable bonds is 1. The fourth-order valence-electron chi connectivity index (χ4n) is 3.38. The lowest BCUT2D eigenvalue weighted by Crippen LogP contribution is -2.38. The number of benzene rings is 1. The molecule has 2 aliphatic heterocycles. The molecule has 0 spiro atoms. The van der Waals surface area contributed by atoms with E-state index in [4.69, 9.17) is 0 Å². The summed E-state index contributed by atoms with van der Waals surface area (Å²) in [4.78, 5) is 16.3. The van der Waals surface area contributed by atoms with Gasteiger partial charge in [0, 0.05) is 30.1 Å². The Morgan fingerprint density at radius 1 is 1.27 bits per heavy atom. The second-order valence-corrected chi connectivity index (χ2v) is 6.81. The zero-order chi connectivity index (χ0) is 14.4. The summed E-state index contributed by atoms with van der Waals surface area (Å²) >= 11 is 1.81. The molecule has 22 heavy (non-hydrogen) atoms. The molecular formula is C17H19ClN2OS. The van der Waals surface area contributed by atoms with Gasteiger partial charge in [0.05, 0.1) is 6.04 Å². The molecule has 1 aromatic heterocycles. The summed E-state index contributed by atoms with van der Waals surface area (Å²) in [5, 5.41) is 5.46. The van der Waals surface area contributed by atoms with Gasteiger partial charge in [0.25, 0.3) is 5.91 Å². The highest BCUT2D eigenvalue weighted by Crippen LogP contribution is 2.33. The van der Waals surface area contributed by atoms with Crippen LogP contribution in [0.3, 0.4) is 0 Å². The van der Waals surface area contributed by atoms with Crippen molar-refractivity contribution >= 4 is 29.7 Å². The van der Waals surface area contributed by atoms with E-state index in [1.165, 1.54) is 21.6 Å². The molecule has 1 N–H and O–H groups in total. The zero-order valence-corrected chi connectivity index (χ0v) is 14.1. The van der Waals surface area contributed by atoms with Crippen LogP contribution in [0.2, 0.25) is 0 Å². The number of fused-ring (bicyclic) bond motifs is 2. The summed E-state index contributed by atoms with van der Waals surface area (Å²) in [6.45, 7) is 4.75. The van der Waals surface area contributed by atoms with Gasteiger partial charge in [-0.3, -0.25) is 4.79 Å². The Bertz CT molecular complexity index is 712. The lowest BCUT2D eigenvalue weighted by molar-refractivity contribution is 0.0679. The summed E-state index contributed by atoms with van der Waals surface area (Å²) < 4.78 is 0. The van der Waals surface area contributed by atoms with E-state index >= 15 is 0 Å². The number of nitrogens with one attached hydrogen (secondary N) is 1. The van der Waals surface area contributed by atoms with E-state index in [0.717, 1.165) is 31.6 Å². The van der Waals surface area contributed by atoms with E-state index in [2.05, 4.69) is 35.8 Å². The van der Waals surface area contributed by atoms with Crippen LogP contribution in [-0.4, -0.2) is 17.4 Å². The van der Waals surface area contributed by atoms with E-state index in [9.17, 15) is 4.79 Å². The van der Waals surface area contributed by atoms with Gasteiger partial charge in [0.15, 0.2) is 0 Å². The van der Waals surface area contributed by atoms with Crippen LogP contribution in [-0.2, 0) is 19.5 Å². The molecule has 4 rings (SSSR count). The van der Waals surface area contributed by atoms with Crippen LogP contribution in [0.15, 0.2) is 29.6 Å². The fraction of sp³-hybridized carbons (Fsp3) is 0.353. The van der Waals surface area contributed by atoms with E-state index < -0.39 is 0 Å². The van der Waals surface area contributed by atoms with Crippen molar-refractivity contribution in [2.75, 3.05) is 6.54 Å². The van der Waals surface area contributed by atoms with E-state index in [1.807, 2.05) is 22.3 Å². The minimum Gasteiger partial charge on any atom is -0.331 e. The van der Waals surface area contributed by atoms with Crippen LogP contribution in [0.4, 0.5) is 0 Å². The van der Waals surface area contributed by atoms with Crippen molar-refractivity contribution in [2.45, 2.75) is 32.5 Å². The van der Waals surface area contributed by atoms with Crippen LogP contribution in [0, 0.1) is 0 Å². The summed E-state index contributed by atoms with van der Waals surface area (Å²) in [6, 6.07) is 8.47. The number of hydrogen-bond acceptors (Lipinski definition) is 3. The van der Waals surface area contributed by atoms with E-state index in [0.29, 0.717) is 0 Å². The molecule has 0 radical (unpaired) electrons. The second kappa shape index (κ2) is 6.03. The third kappa shape index (κ3) is 2.45. The number of carbonyl (C=O) groups excluding carboxylic acids is 1. The molecule has 3 nitrogen and oxygen atoms in total. The zero-order valence-electron chi connectivity index (χ0n) is 12.5. The maximum atomic E-state index is 12.9. The highest BCUT2D eigenvalue weighted by atomic mass is 35.5. The maximum absolute atomic E-state index is 12.9. The predicted octanol–water partition coefficient (Wildman–Crippen LogP) is 3.53. The molecule has 116 valence electrons. The Labute approximate surface area is 140 Å². The van der Waals surface area contributed by atoms with Crippen molar-refractivity contribution in [3.8, 4) is 0 Å². The highest BCUT2D eigenvalue weighted by molar-refractivity contribution is 7.10. The average molecular weight is 335 g/mol. The van der Waals surface area contributed by atoms with Crippen LogP contribution in [0.25, 0.3) is 0 Å². The summed E-state index contributed by atoms with van der Waals surface area (Å²) in [7, 11) is 0. The largest absolute Gasteiger partial charge is 0.331 e. The molecule has 5 heteroatoms. The number of halogens is 1. The monoisotopic (exact) mass is 334 g/mol. The SMILES string of the molecule is CC1c2ccsc2CCN1C(=O)c1ccc2c(c1)CNC2.Cl. The maximum Gasteiger partial charge on any atom is 0.254 e. The summed E-state index contributed by atoms with van der Waals surface area (Å²) in [6.07, 6.45) is 0.982. The van der Waals surface area contributed by atoms with Crippen LogP contribution in [0.1, 0.15) is 44.9 Å². The van der Waals surface area contributed by atoms with Crippen molar-refractivity contribution in [1.29, 1.82) is 0 Å². The third-order valence-corrected chi connectivity index (χ3v) is 5.62. The smallest absolute Gasteiger partial charge is 0.254 e. The quantitative estimate of drug-likeness (QED) is 0.865. The number of amides is 1. The van der Waals surface area contributed by atoms with Gasteiger partial charge in [-0.15, -0.1) is 23.7 Å². The molecular weight excluding hydrogens is 316 g/mol. The van der Waals surface area contributed by atoms with Gasteiger partial charge < -0.3 is 10.2 Å². The third-order valence-electron chi connectivity index (χ3n) is 4.62. The Morgan fingerprint density at radius 2 is 2.09 bits per heavy atom. The number of thiophene rings is 1. The minimum absolute atomic E-state index is 0. The average Bonchev–Trinajstić information content (AvgIpc) is 3.15. The molecule has 0 saturated carbocycles. The number of nitrogens with zero attached hydrogens (tertiary/aromatic N) is 1. The highest BCUT2D eigenvalue weighted by Gasteiger charge is 2.29. The Balaban J connectivity index is 0.00000144. The molecule has 0 bridgehead atoms. The summed E-state index contributed by atoms with van der Waals surface area (Å²) in [5.74, 6) is 0.161. The lowest BCUT2D eigenvalue weighted by Gasteiger charge is -2.33. The van der Waals surface area contributed by atoms with Gasteiger partial charge in [-0.1, -0.05) is 6.07 Å². The molecule has 1 atom stereocenters.